The fourth-order valence-electron chi connectivity index (χ4n) is 3.54. The Labute approximate surface area is 165 Å². The summed E-state index contributed by atoms with van der Waals surface area (Å²) in [5, 5.41) is 7.88. The molecule has 0 radical (unpaired) electrons. The molecule has 2 aromatic rings. The van der Waals surface area contributed by atoms with Gasteiger partial charge in [-0.1, -0.05) is 18.2 Å². The number of nitrogens with one attached hydrogen (secondary N) is 1. The van der Waals surface area contributed by atoms with E-state index in [9.17, 15) is 13.2 Å². The van der Waals surface area contributed by atoms with Crippen LogP contribution in [0.1, 0.15) is 30.9 Å². The number of sulfonamides is 1. The number of ether oxygens (including phenoxy) is 1. The van der Waals surface area contributed by atoms with Crippen LogP contribution in [0.3, 0.4) is 0 Å². The van der Waals surface area contributed by atoms with Crippen molar-refractivity contribution in [2.45, 2.75) is 30.2 Å². The maximum atomic E-state index is 12.3. The second kappa shape index (κ2) is 8.72. The van der Waals surface area contributed by atoms with Crippen LogP contribution in [0.5, 0.6) is 5.75 Å². The lowest BCUT2D eigenvalue weighted by molar-refractivity contribution is -0.116. The number of methoxy groups -OCH3 is 1. The Balaban J connectivity index is 1.59. The van der Waals surface area contributed by atoms with Gasteiger partial charge in [-0.05, 0) is 55.3 Å². The summed E-state index contributed by atoms with van der Waals surface area (Å²) in [5.74, 6) is 0.666. The van der Waals surface area contributed by atoms with Crippen molar-refractivity contribution in [1.82, 2.24) is 4.90 Å². The van der Waals surface area contributed by atoms with Crippen molar-refractivity contribution in [3.8, 4) is 5.75 Å². The van der Waals surface area contributed by atoms with Crippen molar-refractivity contribution < 1.29 is 17.9 Å². The molecule has 8 heteroatoms. The van der Waals surface area contributed by atoms with E-state index in [1.165, 1.54) is 17.7 Å². The predicted molar refractivity (Wildman–Crippen MR) is 108 cm³/mol. The minimum Gasteiger partial charge on any atom is -0.497 e. The minimum atomic E-state index is -3.80. The van der Waals surface area contributed by atoms with E-state index in [4.69, 9.17) is 9.88 Å². The molecule has 1 fully saturated rings. The van der Waals surface area contributed by atoms with Gasteiger partial charge in [0.05, 0.1) is 12.0 Å². The molecule has 1 aliphatic rings. The highest BCUT2D eigenvalue weighted by Crippen LogP contribution is 2.33. The second-order valence-electron chi connectivity index (χ2n) is 6.84. The normalized spacial score (nSPS) is 17.4. The Morgan fingerprint density at radius 2 is 2.04 bits per heavy atom. The summed E-state index contributed by atoms with van der Waals surface area (Å²) in [4.78, 5) is 14.6. The fraction of sp³-hybridized carbons (Fsp3) is 0.350. The zero-order valence-corrected chi connectivity index (χ0v) is 16.6. The average molecular weight is 404 g/mol. The molecule has 28 heavy (non-hydrogen) atoms. The highest BCUT2D eigenvalue weighted by atomic mass is 32.2. The SMILES string of the molecule is COc1cccc(C2CCCN2CCC(=O)Nc2cccc(S(N)(=O)=O)c2)c1. The van der Waals surface area contributed by atoms with E-state index in [-0.39, 0.29) is 16.8 Å². The fourth-order valence-corrected chi connectivity index (χ4v) is 4.10. The van der Waals surface area contributed by atoms with E-state index in [0.29, 0.717) is 18.7 Å². The average Bonchev–Trinajstić information content (AvgIpc) is 3.14. The lowest BCUT2D eigenvalue weighted by Gasteiger charge is -2.25. The minimum absolute atomic E-state index is 0.0251. The molecule has 3 rings (SSSR count). The van der Waals surface area contributed by atoms with Crippen molar-refractivity contribution in [3.63, 3.8) is 0 Å². The Hall–Kier alpha value is -2.42. The standard InChI is InChI=1S/C20H25N3O4S/c1-27-17-7-2-5-15(13-17)19-9-4-11-23(19)12-10-20(24)22-16-6-3-8-18(14-16)28(21,25)26/h2-3,5-8,13-14,19H,4,9-12H2,1H3,(H,22,24)(H2,21,25,26). The highest BCUT2D eigenvalue weighted by molar-refractivity contribution is 7.89. The predicted octanol–water partition coefficient (Wildman–Crippen LogP) is 2.51. The van der Waals surface area contributed by atoms with Gasteiger partial charge in [0.25, 0.3) is 0 Å². The number of benzene rings is 2. The molecule has 2 aromatic carbocycles. The number of carbonyl (C=O) groups excluding carboxylic acids is 1. The van der Waals surface area contributed by atoms with Crippen molar-refractivity contribution in [3.05, 3.63) is 54.1 Å². The summed E-state index contributed by atoms with van der Waals surface area (Å²) in [6.45, 7) is 1.57. The van der Waals surface area contributed by atoms with Crippen LogP contribution < -0.4 is 15.2 Å². The maximum absolute atomic E-state index is 12.3. The van der Waals surface area contributed by atoms with Crippen LogP contribution in [0.2, 0.25) is 0 Å². The van der Waals surface area contributed by atoms with Gasteiger partial charge in [0.15, 0.2) is 0 Å². The summed E-state index contributed by atoms with van der Waals surface area (Å²) in [6, 6.07) is 14.3. The Kier molecular flexibility index (Phi) is 6.33. The van der Waals surface area contributed by atoms with Gasteiger partial charge in [-0.15, -0.1) is 0 Å². The van der Waals surface area contributed by atoms with Gasteiger partial charge in [-0.2, -0.15) is 0 Å². The lowest BCUT2D eigenvalue weighted by atomic mass is 10.0. The summed E-state index contributed by atoms with van der Waals surface area (Å²) in [5.41, 5.74) is 1.61. The first-order valence-corrected chi connectivity index (χ1v) is 10.7. The van der Waals surface area contributed by atoms with Crippen molar-refractivity contribution in [2.24, 2.45) is 5.14 Å². The molecular formula is C20H25N3O4S. The molecule has 1 unspecified atom stereocenters. The van der Waals surface area contributed by atoms with E-state index >= 15 is 0 Å². The molecule has 1 amide bonds. The monoisotopic (exact) mass is 403 g/mol. The third-order valence-corrected chi connectivity index (χ3v) is 5.83. The Bertz CT molecular complexity index is 946. The molecular weight excluding hydrogens is 378 g/mol. The number of nitrogens with two attached hydrogens (primary N) is 1. The number of likely N-dealkylation sites (tertiary alicyclic amines) is 1. The number of rotatable bonds is 7. The lowest BCUT2D eigenvalue weighted by Crippen LogP contribution is -2.27. The molecule has 0 spiro atoms. The number of anilines is 1. The third kappa shape index (κ3) is 5.09. The van der Waals surface area contributed by atoms with Gasteiger partial charge in [-0.3, -0.25) is 9.69 Å². The molecule has 0 saturated carbocycles. The molecule has 1 saturated heterocycles. The summed E-state index contributed by atoms with van der Waals surface area (Å²) in [6.07, 6.45) is 2.45. The van der Waals surface area contributed by atoms with Crippen LogP contribution in [0.15, 0.2) is 53.4 Å². The van der Waals surface area contributed by atoms with Gasteiger partial charge in [0.1, 0.15) is 5.75 Å². The molecule has 1 atom stereocenters. The number of hydrogen-bond donors (Lipinski definition) is 2. The van der Waals surface area contributed by atoms with Crippen LogP contribution in [0, 0.1) is 0 Å². The Morgan fingerprint density at radius 3 is 2.79 bits per heavy atom. The molecule has 150 valence electrons. The topological polar surface area (TPSA) is 102 Å². The van der Waals surface area contributed by atoms with Crippen LogP contribution in [-0.4, -0.2) is 39.4 Å². The quantitative estimate of drug-likeness (QED) is 0.740. The molecule has 0 aromatic heterocycles. The number of hydrogen-bond acceptors (Lipinski definition) is 5. The van der Waals surface area contributed by atoms with Crippen molar-refractivity contribution in [1.29, 1.82) is 0 Å². The number of carbonyl (C=O) groups is 1. The van der Waals surface area contributed by atoms with E-state index in [1.54, 1.807) is 19.2 Å². The van der Waals surface area contributed by atoms with Gasteiger partial charge in [0.2, 0.25) is 15.9 Å². The zero-order chi connectivity index (χ0) is 20.1. The maximum Gasteiger partial charge on any atom is 0.238 e. The molecule has 1 heterocycles. The van der Waals surface area contributed by atoms with E-state index in [0.717, 1.165) is 25.1 Å². The first-order valence-electron chi connectivity index (χ1n) is 9.17. The highest BCUT2D eigenvalue weighted by Gasteiger charge is 2.26. The van der Waals surface area contributed by atoms with E-state index in [2.05, 4.69) is 16.3 Å². The zero-order valence-electron chi connectivity index (χ0n) is 15.8. The van der Waals surface area contributed by atoms with Crippen LogP contribution in [0.25, 0.3) is 0 Å². The number of amides is 1. The smallest absolute Gasteiger partial charge is 0.238 e. The van der Waals surface area contributed by atoms with E-state index < -0.39 is 10.0 Å². The van der Waals surface area contributed by atoms with Gasteiger partial charge < -0.3 is 10.1 Å². The summed E-state index contributed by atoms with van der Waals surface area (Å²) >= 11 is 0. The first kappa shape index (κ1) is 20.3. The van der Waals surface area contributed by atoms with Crippen molar-refractivity contribution in [2.75, 3.05) is 25.5 Å². The largest absolute Gasteiger partial charge is 0.497 e. The molecule has 0 bridgehead atoms. The van der Waals surface area contributed by atoms with Gasteiger partial charge >= 0.3 is 0 Å². The molecule has 7 nitrogen and oxygen atoms in total. The summed E-state index contributed by atoms with van der Waals surface area (Å²) < 4.78 is 28.2. The molecule has 0 aliphatic carbocycles. The van der Waals surface area contributed by atoms with Crippen LogP contribution >= 0.6 is 0 Å². The number of nitrogens with zero attached hydrogens (tertiary/aromatic N) is 1. The first-order chi connectivity index (χ1) is 13.4. The van der Waals surface area contributed by atoms with Crippen molar-refractivity contribution >= 4 is 21.6 Å². The second-order valence-corrected chi connectivity index (χ2v) is 8.40. The Morgan fingerprint density at radius 1 is 1.25 bits per heavy atom. The summed E-state index contributed by atoms with van der Waals surface area (Å²) in [7, 11) is -2.15. The molecule has 3 N–H and O–H groups in total. The molecule has 1 aliphatic heterocycles. The van der Waals surface area contributed by atoms with Gasteiger partial charge in [0, 0.05) is 24.7 Å². The number of primary sulfonamides is 1. The third-order valence-electron chi connectivity index (χ3n) is 4.91. The van der Waals surface area contributed by atoms with E-state index in [1.807, 2.05) is 18.2 Å². The van der Waals surface area contributed by atoms with Crippen LogP contribution in [-0.2, 0) is 14.8 Å². The van der Waals surface area contributed by atoms with Crippen LogP contribution in [0.4, 0.5) is 5.69 Å². The van der Waals surface area contributed by atoms with Gasteiger partial charge in [-0.25, -0.2) is 13.6 Å².